The number of hydrogen-bond donors (Lipinski definition) is 4. The fraction of sp³-hybridized carbons (Fsp3) is 0.150. The summed E-state index contributed by atoms with van der Waals surface area (Å²) in [6.07, 6.45) is 0. The summed E-state index contributed by atoms with van der Waals surface area (Å²) in [6, 6.07) is 13.5. The summed E-state index contributed by atoms with van der Waals surface area (Å²) in [5.74, 6) is -0.140. The molecule has 1 aromatic heterocycles. The van der Waals surface area contributed by atoms with E-state index in [0.717, 1.165) is 5.56 Å². The van der Waals surface area contributed by atoms with Crippen LogP contribution in [0.5, 0.6) is 5.75 Å². The molecule has 0 fully saturated rings. The summed E-state index contributed by atoms with van der Waals surface area (Å²) in [5, 5.41) is 22.3. The molecule has 1 heterocycles. The number of halogens is 1. The van der Waals surface area contributed by atoms with Crippen LogP contribution in [0, 0.1) is 5.82 Å². The van der Waals surface area contributed by atoms with E-state index in [0.29, 0.717) is 30.2 Å². The number of aromatic nitrogens is 2. The highest BCUT2D eigenvalue weighted by molar-refractivity contribution is 6.06. The smallest absolute Gasteiger partial charge is 0.280 e. The maximum Gasteiger partial charge on any atom is 0.280 e. The molecule has 0 bridgehead atoms. The number of nitrogens with one attached hydrogen (secondary N) is 3. The first-order valence-electron chi connectivity index (χ1n) is 8.78. The lowest BCUT2D eigenvalue weighted by Crippen LogP contribution is -2.34. The molecule has 9 heteroatoms. The van der Waals surface area contributed by atoms with Crippen molar-refractivity contribution in [1.82, 2.24) is 15.5 Å². The number of benzene rings is 2. The van der Waals surface area contributed by atoms with Crippen LogP contribution in [0.3, 0.4) is 0 Å². The number of phenols is 1. The van der Waals surface area contributed by atoms with Crippen molar-refractivity contribution in [2.75, 3.05) is 25.6 Å². The number of rotatable bonds is 6. The normalized spacial score (nSPS) is 11.3. The highest BCUT2D eigenvalue weighted by Gasteiger charge is 2.10. The Morgan fingerprint density at radius 3 is 2.62 bits per heavy atom. The molecule has 29 heavy (non-hydrogen) atoms. The average Bonchev–Trinajstić information content (AvgIpc) is 3.17. The summed E-state index contributed by atoms with van der Waals surface area (Å²) < 4.78 is 18.1. The van der Waals surface area contributed by atoms with Gasteiger partial charge in [0.05, 0.1) is 12.3 Å². The minimum absolute atomic E-state index is 0.0620. The van der Waals surface area contributed by atoms with Gasteiger partial charge in [0.15, 0.2) is 5.82 Å². The average molecular weight is 397 g/mol. The second-order valence-electron chi connectivity index (χ2n) is 6.03. The fourth-order valence-electron chi connectivity index (χ4n) is 2.44. The van der Waals surface area contributed by atoms with E-state index in [-0.39, 0.29) is 17.5 Å². The van der Waals surface area contributed by atoms with Crippen molar-refractivity contribution >= 4 is 17.7 Å². The number of nitrogens with zero attached hydrogens (tertiary/aromatic N) is 2. The molecule has 0 aliphatic heterocycles. The molecule has 8 nitrogen and oxygen atoms in total. The van der Waals surface area contributed by atoms with E-state index in [2.05, 4.69) is 25.8 Å². The number of guanidine groups is 1. The van der Waals surface area contributed by atoms with Crippen LogP contribution in [0.25, 0.3) is 11.3 Å². The molecule has 3 rings (SSSR count). The van der Waals surface area contributed by atoms with Crippen LogP contribution >= 0.6 is 0 Å². The number of aliphatic imine (C=N–C) groups is 1. The van der Waals surface area contributed by atoms with Gasteiger partial charge < -0.3 is 20.5 Å². The lowest BCUT2D eigenvalue weighted by atomic mass is 10.1. The number of phenolic OH excluding ortho intramolecular Hbond substituents is 1. The molecule has 1 amide bonds. The van der Waals surface area contributed by atoms with Gasteiger partial charge in [0.2, 0.25) is 5.96 Å². The standard InChI is InChI=1S/C20H20FN5O3/c1-29-11-10-22-20(24-19(28)14-4-8-16(27)9-5-14)23-18-12-17(25-26-18)13-2-6-15(21)7-3-13/h2-9,12,27H,10-11H2,1H3,(H3,22,23,24,25,26,28). The Balaban J connectivity index is 1.77. The van der Waals surface area contributed by atoms with E-state index < -0.39 is 5.91 Å². The first-order valence-corrected chi connectivity index (χ1v) is 8.78. The van der Waals surface area contributed by atoms with Gasteiger partial charge in [-0.1, -0.05) is 0 Å². The molecule has 2 aromatic carbocycles. The topological polar surface area (TPSA) is 112 Å². The second-order valence-corrected chi connectivity index (χ2v) is 6.03. The maximum atomic E-state index is 13.1. The van der Waals surface area contributed by atoms with Crippen molar-refractivity contribution in [3.63, 3.8) is 0 Å². The molecule has 0 saturated heterocycles. The van der Waals surface area contributed by atoms with E-state index in [9.17, 15) is 14.3 Å². The molecule has 0 spiro atoms. The monoisotopic (exact) mass is 397 g/mol. The zero-order chi connectivity index (χ0) is 20.6. The molecule has 0 atom stereocenters. The van der Waals surface area contributed by atoms with E-state index >= 15 is 0 Å². The van der Waals surface area contributed by atoms with E-state index in [4.69, 9.17) is 4.74 Å². The van der Waals surface area contributed by atoms with Crippen molar-refractivity contribution in [1.29, 1.82) is 0 Å². The van der Waals surface area contributed by atoms with Crippen LogP contribution in [0.4, 0.5) is 10.2 Å². The third-order valence-electron chi connectivity index (χ3n) is 3.91. The van der Waals surface area contributed by atoms with Gasteiger partial charge in [-0.3, -0.25) is 9.89 Å². The van der Waals surface area contributed by atoms with Gasteiger partial charge in [-0.15, -0.1) is 0 Å². The number of H-pyrrole nitrogens is 1. The number of amides is 1. The number of carbonyl (C=O) groups excluding carboxylic acids is 1. The van der Waals surface area contributed by atoms with Crippen molar-refractivity contribution in [2.45, 2.75) is 0 Å². The fourth-order valence-corrected chi connectivity index (χ4v) is 2.44. The summed E-state index contributed by atoms with van der Waals surface area (Å²) in [5.41, 5.74) is 1.76. The summed E-state index contributed by atoms with van der Waals surface area (Å²) in [6.45, 7) is 0.829. The molecule has 4 N–H and O–H groups in total. The minimum Gasteiger partial charge on any atom is -0.508 e. The van der Waals surface area contributed by atoms with Crippen LogP contribution in [0.1, 0.15) is 10.4 Å². The predicted octanol–water partition coefficient (Wildman–Crippen LogP) is 2.77. The van der Waals surface area contributed by atoms with E-state index in [1.807, 2.05) is 0 Å². The highest BCUT2D eigenvalue weighted by atomic mass is 19.1. The minimum atomic E-state index is -0.494. The number of aromatic amines is 1. The number of anilines is 1. The number of carbonyl (C=O) groups is 1. The zero-order valence-corrected chi connectivity index (χ0v) is 15.6. The van der Waals surface area contributed by atoms with Gasteiger partial charge in [-0.05, 0) is 54.1 Å². The van der Waals surface area contributed by atoms with Crippen molar-refractivity contribution < 1.29 is 19.0 Å². The van der Waals surface area contributed by atoms with Crippen LogP contribution < -0.4 is 10.6 Å². The Bertz CT molecular complexity index is 984. The highest BCUT2D eigenvalue weighted by Crippen LogP contribution is 2.20. The van der Waals surface area contributed by atoms with Gasteiger partial charge in [-0.2, -0.15) is 10.1 Å². The van der Waals surface area contributed by atoms with Gasteiger partial charge in [0, 0.05) is 25.3 Å². The van der Waals surface area contributed by atoms with Gasteiger partial charge in [-0.25, -0.2) is 4.39 Å². The summed E-state index contributed by atoms with van der Waals surface area (Å²) in [7, 11) is 1.57. The lowest BCUT2D eigenvalue weighted by molar-refractivity contribution is 0.100. The maximum absolute atomic E-state index is 13.1. The number of aromatic hydroxyl groups is 1. The van der Waals surface area contributed by atoms with Crippen molar-refractivity contribution in [3.8, 4) is 17.0 Å². The number of ether oxygens (including phenoxy) is 1. The van der Waals surface area contributed by atoms with Crippen LogP contribution in [-0.2, 0) is 4.74 Å². The molecule has 3 aromatic rings. The third kappa shape index (κ3) is 5.63. The van der Waals surface area contributed by atoms with Crippen LogP contribution in [0.15, 0.2) is 59.6 Å². The van der Waals surface area contributed by atoms with Crippen molar-refractivity contribution in [2.24, 2.45) is 4.99 Å². The molecular weight excluding hydrogens is 377 g/mol. The molecule has 0 radical (unpaired) electrons. The third-order valence-corrected chi connectivity index (χ3v) is 3.91. The Hall–Kier alpha value is -3.72. The van der Waals surface area contributed by atoms with Crippen LogP contribution in [0.2, 0.25) is 0 Å². The Morgan fingerprint density at radius 1 is 1.21 bits per heavy atom. The molecule has 0 saturated carbocycles. The molecule has 0 aliphatic rings. The Kier molecular flexibility index (Phi) is 6.54. The molecular formula is C20H20FN5O3. The zero-order valence-electron chi connectivity index (χ0n) is 15.6. The molecule has 150 valence electrons. The first kappa shape index (κ1) is 20.0. The first-order chi connectivity index (χ1) is 14.0. The molecule has 0 aliphatic carbocycles. The Labute approximate surface area is 166 Å². The number of hydrogen-bond acceptors (Lipinski definition) is 4. The van der Waals surface area contributed by atoms with Gasteiger partial charge in [0.1, 0.15) is 11.6 Å². The van der Waals surface area contributed by atoms with Gasteiger partial charge >= 0.3 is 0 Å². The van der Waals surface area contributed by atoms with E-state index in [1.54, 1.807) is 25.3 Å². The SMILES string of the molecule is COCCN/C(=N/C(=O)c1ccc(O)cc1)Nc1cc(-c2ccc(F)cc2)[nH]n1. The lowest BCUT2D eigenvalue weighted by Gasteiger charge is -2.10. The summed E-state index contributed by atoms with van der Waals surface area (Å²) >= 11 is 0. The Morgan fingerprint density at radius 2 is 1.93 bits per heavy atom. The second kappa shape index (κ2) is 9.47. The molecule has 0 unspecified atom stereocenters. The van der Waals surface area contributed by atoms with Gasteiger partial charge in [0.25, 0.3) is 5.91 Å². The van der Waals surface area contributed by atoms with E-state index in [1.165, 1.54) is 36.4 Å². The van der Waals surface area contributed by atoms with Crippen molar-refractivity contribution in [3.05, 3.63) is 66.0 Å². The quantitative estimate of drug-likeness (QED) is 0.289. The predicted molar refractivity (Wildman–Crippen MR) is 107 cm³/mol. The largest absolute Gasteiger partial charge is 0.508 e. The van der Waals surface area contributed by atoms with Crippen LogP contribution in [-0.4, -0.2) is 47.4 Å². The summed E-state index contributed by atoms with van der Waals surface area (Å²) in [4.78, 5) is 16.5. The number of methoxy groups -OCH3 is 1.